The Hall–Kier alpha value is -3.69. The highest BCUT2D eigenvalue weighted by Gasteiger charge is 2.30. The van der Waals surface area contributed by atoms with Gasteiger partial charge in [0.15, 0.2) is 5.65 Å². The van der Waals surface area contributed by atoms with Gasteiger partial charge in [0.25, 0.3) is 0 Å². The molecule has 10 heteroatoms. The molecule has 0 aliphatic carbocycles. The van der Waals surface area contributed by atoms with Gasteiger partial charge >= 0.3 is 12.1 Å². The summed E-state index contributed by atoms with van der Waals surface area (Å²) in [6.07, 6.45) is 0.573. The Balaban J connectivity index is 1.58. The maximum Gasteiger partial charge on any atom is 0.573 e. The summed E-state index contributed by atoms with van der Waals surface area (Å²) in [5.41, 5.74) is 1.43. The minimum Gasteiger partial charge on any atom is -0.406 e. The maximum absolute atomic E-state index is 12.6. The standard InChI is InChI=1S/C19H14F3N5O2/c20-19(21,22)29-15-5-2-13(3-6-15)14-4-7-17-25-27(18(28)26(17)12-14)11-8-16-23-9-1-10-24-16/h1-7,9-10,12H,8,11H2. The van der Waals surface area contributed by atoms with Gasteiger partial charge in [0.2, 0.25) is 0 Å². The topological polar surface area (TPSA) is 74.3 Å². The summed E-state index contributed by atoms with van der Waals surface area (Å²) in [5, 5.41) is 4.28. The van der Waals surface area contributed by atoms with E-state index < -0.39 is 6.36 Å². The zero-order chi connectivity index (χ0) is 20.4. The lowest BCUT2D eigenvalue weighted by Crippen LogP contribution is -2.22. The van der Waals surface area contributed by atoms with Crippen LogP contribution in [0.25, 0.3) is 16.8 Å². The van der Waals surface area contributed by atoms with Gasteiger partial charge in [-0.05, 0) is 41.5 Å². The average molecular weight is 401 g/mol. The molecule has 4 rings (SSSR count). The molecule has 4 aromatic rings. The number of rotatable bonds is 5. The Morgan fingerprint density at radius 2 is 1.66 bits per heavy atom. The maximum atomic E-state index is 12.6. The number of alkyl halides is 3. The third-order valence-corrected chi connectivity index (χ3v) is 4.16. The quantitative estimate of drug-likeness (QED) is 0.514. The Kier molecular flexibility index (Phi) is 4.75. The second-order valence-corrected chi connectivity index (χ2v) is 6.14. The Labute approximate surface area is 162 Å². The van der Waals surface area contributed by atoms with E-state index in [9.17, 15) is 18.0 Å². The number of fused-ring (bicyclic) bond motifs is 1. The predicted molar refractivity (Wildman–Crippen MR) is 97.3 cm³/mol. The van der Waals surface area contributed by atoms with Gasteiger partial charge in [-0.3, -0.25) is 0 Å². The molecule has 148 valence electrons. The molecule has 0 saturated carbocycles. The first kappa shape index (κ1) is 18.7. The number of halogens is 3. The van der Waals surface area contributed by atoms with Crippen molar-refractivity contribution in [2.75, 3.05) is 0 Å². The molecule has 0 fully saturated rings. The van der Waals surface area contributed by atoms with Crippen molar-refractivity contribution in [3.8, 4) is 16.9 Å². The van der Waals surface area contributed by atoms with E-state index in [4.69, 9.17) is 0 Å². The summed E-state index contributed by atoms with van der Waals surface area (Å²) in [6, 6.07) is 10.6. The van der Waals surface area contributed by atoms with Gasteiger partial charge in [0.1, 0.15) is 11.6 Å². The molecular weight excluding hydrogens is 387 g/mol. The third-order valence-electron chi connectivity index (χ3n) is 4.16. The van der Waals surface area contributed by atoms with E-state index >= 15 is 0 Å². The van der Waals surface area contributed by atoms with Crippen LogP contribution in [0, 0.1) is 0 Å². The number of aromatic nitrogens is 5. The van der Waals surface area contributed by atoms with Gasteiger partial charge in [-0.1, -0.05) is 12.1 Å². The van der Waals surface area contributed by atoms with Gasteiger partial charge in [0.05, 0.1) is 6.54 Å². The van der Waals surface area contributed by atoms with Crippen LogP contribution < -0.4 is 10.4 Å². The van der Waals surface area contributed by atoms with Gasteiger partial charge in [-0.2, -0.15) is 0 Å². The zero-order valence-electron chi connectivity index (χ0n) is 14.9. The largest absolute Gasteiger partial charge is 0.573 e. The number of aryl methyl sites for hydroxylation is 2. The molecular formula is C19H14F3N5O2. The van der Waals surface area contributed by atoms with E-state index in [-0.39, 0.29) is 11.4 Å². The Bertz CT molecular complexity index is 1180. The molecule has 29 heavy (non-hydrogen) atoms. The van der Waals surface area contributed by atoms with Crippen molar-refractivity contribution in [3.05, 3.63) is 77.4 Å². The van der Waals surface area contributed by atoms with Crippen LogP contribution in [0.15, 0.2) is 65.8 Å². The molecule has 3 aromatic heterocycles. The van der Waals surface area contributed by atoms with Crippen LogP contribution in [0.5, 0.6) is 5.75 Å². The number of pyridine rings is 1. The van der Waals surface area contributed by atoms with Gasteiger partial charge < -0.3 is 4.74 Å². The lowest BCUT2D eigenvalue weighted by Gasteiger charge is -2.09. The van der Waals surface area contributed by atoms with Crippen LogP contribution >= 0.6 is 0 Å². The third kappa shape index (κ3) is 4.26. The fourth-order valence-electron chi connectivity index (χ4n) is 2.85. The van der Waals surface area contributed by atoms with Gasteiger partial charge in [0, 0.05) is 25.0 Å². The zero-order valence-corrected chi connectivity index (χ0v) is 14.9. The number of nitrogens with zero attached hydrogens (tertiary/aromatic N) is 5. The van der Waals surface area contributed by atoms with E-state index in [1.54, 1.807) is 36.8 Å². The van der Waals surface area contributed by atoms with Crippen molar-refractivity contribution >= 4 is 5.65 Å². The van der Waals surface area contributed by atoms with Crippen molar-refractivity contribution in [1.29, 1.82) is 0 Å². The molecule has 0 N–H and O–H groups in total. The molecule has 0 aliphatic rings. The van der Waals surface area contributed by atoms with E-state index in [0.717, 1.165) is 0 Å². The normalized spacial score (nSPS) is 11.7. The summed E-state index contributed by atoms with van der Waals surface area (Å²) < 4.78 is 43.4. The summed E-state index contributed by atoms with van der Waals surface area (Å²) in [4.78, 5) is 20.9. The highest BCUT2D eigenvalue weighted by molar-refractivity contribution is 5.65. The number of ether oxygens (including phenoxy) is 1. The van der Waals surface area contributed by atoms with Gasteiger partial charge in [-0.15, -0.1) is 18.3 Å². The fraction of sp³-hybridized carbons (Fsp3) is 0.158. The Morgan fingerprint density at radius 3 is 2.34 bits per heavy atom. The number of hydrogen-bond acceptors (Lipinski definition) is 5. The van der Waals surface area contributed by atoms with E-state index in [0.29, 0.717) is 35.6 Å². The van der Waals surface area contributed by atoms with Crippen molar-refractivity contribution in [2.24, 2.45) is 0 Å². The summed E-state index contributed by atoms with van der Waals surface area (Å²) in [5.74, 6) is 0.300. The first-order valence-electron chi connectivity index (χ1n) is 8.60. The molecule has 7 nitrogen and oxygen atoms in total. The minimum atomic E-state index is -4.74. The second-order valence-electron chi connectivity index (χ2n) is 6.14. The lowest BCUT2D eigenvalue weighted by atomic mass is 10.1. The van der Waals surface area contributed by atoms with E-state index in [1.807, 2.05) is 0 Å². The molecule has 0 aliphatic heterocycles. The van der Waals surface area contributed by atoms with Crippen LogP contribution in [0.4, 0.5) is 13.2 Å². The molecule has 0 atom stereocenters. The van der Waals surface area contributed by atoms with Crippen LogP contribution in [0.1, 0.15) is 5.82 Å². The molecule has 0 spiro atoms. The van der Waals surface area contributed by atoms with E-state index in [1.165, 1.54) is 33.3 Å². The molecule has 0 radical (unpaired) electrons. The summed E-state index contributed by atoms with van der Waals surface area (Å²) in [6.45, 7) is 0.323. The van der Waals surface area contributed by atoms with Gasteiger partial charge in [-0.25, -0.2) is 23.8 Å². The smallest absolute Gasteiger partial charge is 0.406 e. The second kappa shape index (κ2) is 7.38. The highest BCUT2D eigenvalue weighted by atomic mass is 19.4. The minimum absolute atomic E-state index is 0.310. The van der Waals surface area contributed by atoms with Crippen molar-refractivity contribution < 1.29 is 17.9 Å². The van der Waals surface area contributed by atoms with Crippen LogP contribution in [0.2, 0.25) is 0 Å². The average Bonchev–Trinajstić information content (AvgIpc) is 3.02. The number of benzene rings is 1. The van der Waals surface area contributed by atoms with Crippen molar-refractivity contribution in [3.63, 3.8) is 0 Å². The molecule has 0 saturated heterocycles. The molecule has 0 bridgehead atoms. The number of hydrogen-bond donors (Lipinski definition) is 0. The summed E-state index contributed by atoms with van der Waals surface area (Å²) >= 11 is 0. The highest BCUT2D eigenvalue weighted by Crippen LogP contribution is 2.26. The van der Waals surface area contributed by atoms with E-state index in [2.05, 4.69) is 19.8 Å². The van der Waals surface area contributed by atoms with Crippen LogP contribution in [0.3, 0.4) is 0 Å². The monoisotopic (exact) mass is 401 g/mol. The van der Waals surface area contributed by atoms with Crippen LogP contribution in [-0.4, -0.2) is 30.5 Å². The first-order chi connectivity index (χ1) is 13.9. The first-order valence-corrected chi connectivity index (χ1v) is 8.60. The predicted octanol–water partition coefficient (Wildman–Crippen LogP) is 3.09. The molecule has 0 amide bonds. The SMILES string of the molecule is O=c1n(CCc2ncccn2)nc2ccc(-c3ccc(OC(F)(F)F)cc3)cn12. The Morgan fingerprint density at radius 1 is 0.966 bits per heavy atom. The molecule has 3 heterocycles. The molecule has 0 unspecified atom stereocenters. The fourth-order valence-corrected chi connectivity index (χ4v) is 2.85. The lowest BCUT2D eigenvalue weighted by molar-refractivity contribution is -0.274. The van der Waals surface area contributed by atoms with Crippen LogP contribution in [-0.2, 0) is 13.0 Å². The van der Waals surface area contributed by atoms with Crippen molar-refractivity contribution in [2.45, 2.75) is 19.3 Å². The van der Waals surface area contributed by atoms with Crippen molar-refractivity contribution in [1.82, 2.24) is 24.1 Å². The summed E-state index contributed by atoms with van der Waals surface area (Å²) in [7, 11) is 0. The molecule has 1 aromatic carbocycles.